The second-order valence-electron chi connectivity index (χ2n) is 8.09. The van der Waals surface area contributed by atoms with E-state index in [4.69, 9.17) is 32.4 Å². The molecule has 1 amide bonds. The van der Waals surface area contributed by atoms with Crippen molar-refractivity contribution < 1.29 is 13.9 Å². The van der Waals surface area contributed by atoms with Crippen molar-refractivity contribution >= 4 is 29.1 Å². The number of hydrogen-bond acceptors (Lipinski definition) is 4. The fourth-order valence-electron chi connectivity index (χ4n) is 3.75. The van der Waals surface area contributed by atoms with Crippen molar-refractivity contribution in [2.75, 3.05) is 26.2 Å². The molecule has 2 aromatic carbocycles. The van der Waals surface area contributed by atoms with Gasteiger partial charge in [0.05, 0.1) is 0 Å². The molecule has 1 aliphatic rings. The summed E-state index contributed by atoms with van der Waals surface area (Å²) in [4.78, 5) is 17.0. The number of ether oxygens (including phenoxy) is 1. The number of hydrogen-bond donors (Lipinski definition) is 0. The summed E-state index contributed by atoms with van der Waals surface area (Å²) in [5, 5.41) is 1.34. The zero-order valence-corrected chi connectivity index (χ0v) is 19.7. The second-order valence-corrected chi connectivity index (χ2v) is 8.91. The van der Waals surface area contributed by atoms with Crippen molar-refractivity contribution in [3.05, 3.63) is 86.8 Å². The summed E-state index contributed by atoms with van der Waals surface area (Å²) in [5.74, 6) is 1.69. The van der Waals surface area contributed by atoms with Gasteiger partial charge >= 0.3 is 0 Å². The predicted molar refractivity (Wildman–Crippen MR) is 127 cm³/mol. The Morgan fingerprint density at radius 3 is 2.44 bits per heavy atom. The van der Waals surface area contributed by atoms with E-state index in [0.717, 1.165) is 35.5 Å². The van der Waals surface area contributed by atoms with Gasteiger partial charge in [0.2, 0.25) is 0 Å². The van der Waals surface area contributed by atoms with Crippen molar-refractivity contribution in [1.29, 1.82) is 0 Å². The standard InChI is InChI=1S/C25H26Cl2N2O3/c1-17-6-7-18(2)24(14-17)31-16-19-8-9-23(32-19)25(30)29-12-10-28(11-13-29)15-20-21(26)4-3-5-22(20)27/h3-9,14H,10-13,15-16H2,1-2H3. The average Bonchev–Trinajstić information content (AvgIpc) is 3.26. The van der Waals surface area contributed by atoms with E-state index in [2.05, 4.69) is 11.0 Å². The van der Waals surface area contributed by atoms with Crippen molar-refractivity contribution in [2.24, 2.45) is 0 Å². The van der Waals surface area contributed by atoms with E-state index in [9.17, 15) is 4.79 Å². The van der Waals surface area contributed by atoms with E-state index < -0.39 is 0 Å². The summed E-state index contributed by atoms with van der Waals surface area (Å²) in [5.41, 5.74) is 3.13. The third kappa shape index (κ3) is 5.29. The normalized spacial score (nSPS) is 14.6. The summed E-state index contributed by atoms with van der Waals surface area (Å²) in [6, 6.07) is 15.1. The van der Waals surface area contributed by atoms with Crippen LogP contribution in [0.25, 0.3) is 0 Å². The summed E-state index contributed by atoms with van der Waals surface area (Å²) >= 11 is 12.6. The van der Waals surface area contributed by atoms with Crippen LogP contribution < -0.4 is 4.74 Å². The minimum atomic E-state index is -0.0987. The maximum atomic E-state index is 12.9. The minimum Gasteiger partial charge on any atom is -0.485 e. The number of carbonyl (C=O) groups is 1. The highest BCUT2D eigenvalue weighted by Gasteiger charge is 2.25. The van der Waals surface area contributed by atoms with Crippen LogP contribution in [0.4, 0.5) is 0 Å². The molecule has 168 valence electrons. The van der Waals surface area contributed by atoms with Gasteiger partial charge in [0.1, 0.15) is 18.1 Å². The molecule has 1 saturated heterocycles. The lowest BCUT2D eigenvalue weighted by atomic mass is 10.1. The summed E-state index contributed by atoms with van der Waals surface area (Å²) in [6.07, 6.45) is 0. The number of benzene rings is 2. The summed E-state index contributed by atoms with van der Waals surface area (Å²) in [7, 11) is 0. The number of halogens is 2. The number of piperazine rings is 1. The molecular formula is C25H26Cl2N2O3. The molecule has 0 aliphatic carbocycles. The fraction of sp³-hybridized carbons (Fsp3) is 0.320. The highest BCUT2D eigenvalue weighted by atomic mass is 35.5. The largest absolute Gasteiger partial charge is 0.485 e. The topological polar surface area (TPSA) is 45.9 Å². The number of rotatable bonds is 6. The van der Waals surface area contributed by atoms with E-state index in [1.165, 1.54) is 0 Å². The molecule has 4 rings (SSSR count). The zero-order chi connectivity index (χ0) is 22.7. The number of amides is 1. The van der Waals surface area contributed by atoms with Crippen molar-refractivity contribution in [2.45, 2.75) is 27.0 Å². The van der Waals surface area contributed by atoms with Crippen LogP contribution in [-0.2, 0) is 13.2 Å². The van der Waals surface area contributed by atoms with Gasteiger partial charge in [-0.2, -0.15) is 0 Å². The maximum Gasteiger partial charge on any atom is 0.289 e. The predicted octanol–water partition coefficient (Wildman–Crippen LogP) is 5.74. The first-order chi connectivity index (χ1) is 15.4. The Morgan fingerprint density at radius 2 is 1.72 bits per heavy atom. The van der Waals surface area contributed by atoms with Gasteiger partial charge in [0, 0.05) is 48.3 Å². The van der Waals surface area contributed by atoms with Gasteiger partial charge in [0.15, 0.2) is 5.76 Å². The molecule has 3 aromatic rings. The monoisotopic (exact) mass is 472 g/mol. The van der Waals surface area contributed by atoms with Crippen LogP contribution in [0, 0.1) is 13.8 Å². The van der Waals surface area contributed by atoms with Crippen LogP contribution in [0.15, 0.2) is 52.9 Å². The fourth-order valence-corrected chi connectivity index (χ4v) is 4.27. The molecule has 0 saturated carbocycles. The van der Waals surface area contributed by atoms with Gasteiger partial charge in [-0.1, -0.05) is 41.4 Å². The first-order valence-corrected chi connectivity index (χ1v) is 11.4. The van der Waals surface area contributed by atoms with Gasteiger partial charge in [0.25, 0.3) is 5.91 Å². The third-order valence-corrected chi connectivity index (χ3v) is 6.40. The van der Waals surface area contributed by atoms with Gasteiger partial charge in [-0.05, 0) is 55.3 Å². The molecule has 32 heavy (non-hydrogen) atoms. The molecule has 1 aromatic heterocycles. The highest BCUT2D eigenvalue weighted by Crippen LogP contribution is 2.26. The molecule has 1 aliphatic heterocycles. The van der Waals surface area contributed by atoms with Crippen LogP contribution >= 0.6 is 23.2 Å². The average molecular weight is 473 g/mol. The smallest absolute Gasteiger partial charge is 0.289 e. The first-order valence-electron chi connectivity index (χ1n) is 10.6. The van der Waals surface area contributed by atoms with Crippen LogP contribution in [0.5, 0.6) is 5.75 Å². The zero-order valence-electron chi connectivity index (χ0n) is 18.2. The lowest BCUT2D eigenvalue weighted by molar-refractivity contribution is 0.0594. The maximum absolute atomic E-state index is 12.9. The third-order valence-electron chi connectivity index (χ3n) is 5.69. The number of carbonyl (C=O) groups excluding carboxylic acids is 1. The lowest BCUT2D eigenvalue weighted by Crippen LogP contribution is -2.48. The van der Waals surface area contributed by atoms with Crippen LogP contribution in [-0.4, -0.2) is 41.9 Å². The van der Waals surface area contributed by atoms with Gasteiger partial charge in [-0.3, -0.25) is 9.69 Å². The Kier molecular flexibility index (Phi) is 7.09. The van der Waals surface area contributed by atoms with Crippen molar-refractivity contribution in [3.63, 3.8) is 0 Å². The Bertz CT molecular complexity index is 1080. The second kappa shape index (κ2) is 9.99. The quantitative estimate of drug-likeness (QED) is 0.458. The van der Waals surface area contributed by atoms with E-state index in [-0.39, 0.29) is 12.5 Å². The molecule has 0 spiro atoms. The SMILES string of the molecule is Cc1ccc(C)c(OCc2ccc(C(=O)N3CCN(Cc4c(Cl)cccc4Cl)CC3)o2)c1. The minimum absolute atomic E-state index is 0.0987. The molecule has 1 fully saturated rings. The summed E-state index contributed by atoms with van der Waals surface area (Å²) in [6.45, 7) is 7.72. The Balaban J connectivity index is 1.31. The molecule has 5 nitrogen and oxygen atoms in total. The lowest BCUT2D eigenvalue weighted by Gasteiger charge is -2.34. The van der Waals surface area contributed by atoms with E-state index >= 15 is 0 Å². The molecule has 0 radical (unpaired) electrons. The van der Waals surface area contributed by atoms with E-state index in [1.807, 2.05) is 49.1 Å². The van der Waals surface area contributed by atoms with Gasteiger partial charge < -0.3 is 14.1 Å². The molecule has 0 unspecified atom stereocenters. The number of aryl methyl sites for hydroxylation is 2. The van der Waals surface area contributed by atoms with Crippen LogP contribution in [0.3, 0.4) is 0 Å². The number of nitrogens with zero attached hydrogens (tertiary/aromatic N) is 2. The first kappa shape index (κ1) is 22.7. The Hall–Kier alpha value is -2.47. The molecule has 0 atom stereocenters. The van der Waals surface area contributed by atoms with Gasteiger partial charge in [-0.15, -0.1) is 0 Å². The van der Waals surface area contributed by atoms with E-state index in [0.29, 0.717) is 41.2 Å². The van der Waals surface area contributed by atoms with Crippen molar-refractivity contribution in [1.82, 2.24) is 9.80 Å². The van der Waals surface area contributed by atoms with Crippen LogP contribution in [0.1, 0.15) is 33.0 Å². The van der Waals surface area contributed by atoms with E-state index in [1.54, 1.807) is 12.1 Å². The Morgan fingerprint density at radius 1 is 1.00 bits per heavy atom. The van der Waals surface area contributed by atoms with Crippen molar-refractivity contribution in [3.8, 4) is 5.75 Å². The molecule has 7 heteroatoms. The van der Waals surface area contributed by atoms with Crippen LogP contribution in [0.2, 0.25) is 10.0 Å². The Labute approximate surface area is 198 Å². The molecule has 0 bridgehead atoms. The molecule has 2 heterocycles. The molecule has 0 N–H and O–H groups in total. The number of furan rings is 1. The molecular weight excluding hydrogens is 447 g/mol. The highest BCUT2D eigenvalue weighted by molar-refractivity contribution is 6.35. The van der Waals surface area contributed by atoms with Gasteiger partial charge in [-0.25, -0.2) is 0 Å². The summed E-state index contributed by atoms with van der Waals surface area (Å²) < 4.78 is 11.7.